The number of aliphatic carboxylic acids is 1. The second-order valence-electron chi connectivity index (χ2n) is 4.56. The molecule has 0 aromatic carbocycles. The van der Waals surface area contributed by atoms with Gasteiger partial charge < -0.3 is 15.7 Å². The minimum Gasteiger partial charge on any atom is -0.481 e. The molecule has 1 unspecified atom stereocenters. The summed E-state index contributed by atoms with van der Waals surface area (Å²) in [6.45, 7) is 5.26. The fourth-order valence-electron chi connectivity index (χ4n) is 1.41. The molecule has 0 aliphatic rings. The Bertz CT molecular complexity index is 318. The van der Waals surface area contributed by atoms with E-state index in [-0.39, 0.29) is 12.5 Å². The number of carboxylic acids is 1. The zero-order valence-corrected chi connectivity index (χ0v) is 10.5. The van der Waals surface area contributed by atoms with E-state index >= 15 is 0 Å². The van der Waals surface area contributed by atoms with E-state index in [0.717, 1.165) is 6.42 Å². The van der Waals surface area contributed by atoms with Crippen molar-refractivity contribution in [3.05, 3.63) is 0 Å². The molecule has 0 radical (unpaired) electrons. The van der Waals surface area contributed by atoms with E-state index in [4.69, 9.17) is 11.5 Å². The van der Waals surface area contributed by atoms with E-state index in [2.05, 4.69) is 16.6 Å². The number of rotatable bonds is 6. The number of terminal acetylenes is 1. The maximum Gasteiger partial charge on any atom is 0.316 e. The van der Waals surface area contributed by atoms with Crippen LogP contribution in [0.15, 0.2) is 0 Å². The average Bonchev–Trinajstić information content (AvgIpc) is 2.13. The van der Waals surface area contributed by atoms with Crippen LogP contribution in [-0.4, -0.2) is 28.7 Å². The van der Waals surface area contributed by atoms with Crippen molar-refractivity contribution >= 4 is 12.0 Å². The zero-order valence-electron chi connectivity index (χ0n) is 10.5. The van der Waals surface area contributed by atoms with Gasteiger partial charge in [0, 0.05) is 5.54 Å². The Morgan fingerprint density at radius 3 is 2.47 bits per heavy atom. The molecule has 5 nitrogen and oxygen atoms in total. The lowest BCUT2D eigenvalue weighted by Crippen LogP contribution is -2.51. The Hall–Kier alpha value is -1.70. The van der Waals surface area contributed by atoms with Gasteiger partial charge in [0.2, 0.25) is 0 Å². The lowest BCUT2D eigenvalue weighted by Gasteiger charge is -2.25. The van der Waals surface area contributed by atoms with Crippen LogP contribution in [0.2, 0.25) is 0 Å². The monoisotopic (exact) mass is 240 g/mol. The van der Waals surface area contributed by atoms with Gasteiger partial charge in [-0.25, -0.2) is 4.79 Å². The van der Waals surface area contributed by atoms with Gasteiger partial charge in [-0.15, -0.1) is 6.42 Å². The first-order chi connectivity index (χ1) is 7.80. The van der Waals surface area contributed by atoms with Crippen molar-refractivity contribution in [2.24, 2.45) is 0 Å². The van der Waals surface area contributed by atoms with Crippen LogP contribution in [0.1, 0.15) is 40.0 Å². The summed E-state index contributed by atoms with van der Waals surface area (Å²) >= 11 is 0. The molecule has 0 saturated carbocycles. The number of hydrogen-bond acceptors (Lipinski definition) is 2. The maximum atomic E-state index is 11.6. The molecule has 0 aromatic heterocycles. The summed E-state index contributed by atoms with van der Waals surface area (Å²) in [4.78, 5) is 22.1. The largest absolute Gasteiger partial charge is 0.481 e. The molecule has 2 amide bonds. The third-order valence-electron chi connectivity index (χ3n) is 2.13. The van der Waals surface area contributed by atoms with E-state index in [1.807, 2.05) is 6.92 Å². The Labute approximate surface area is 102 Å². The van der Waals surface area contributed by atoms with Gasteiger partial charge in [-0.3, -0.25) is 4.79 Å². The van der Waals surface area contributed by atoms with E-state index in [1.54, 1.807) is 13.8 Å². The van der Waals surface area contributed by atoms with Crippen molar-refractivity contribution in [1.82, 2.24) is 10.6 Å². The molecule has 17 heavy (non-hydrogen) atoms. The molecule has 0 fully saturated rings. The summed E-state index contributed by atoms with van der Waals surface area (Å²) in [6.07, 6.45) is 6.69. The first kappa shape index (κ1) is 15.3. The van der Waals surface area contributed by atoms with Crippen molar-refractivity contribution < 1.29 is 14.7 Å². The van der Waals surface area contributed by atoms with Crippen LogP contribution in [0.3, 0.4) is 0 Å². The van der Waals surface area contributed by atoms with Crippen molar-refractivity contribution in [2.75, 3.05) is 0 Å². The van der Waals surface area contributed by atoms with E-state index in [1.165, 1.54) is 0 Å². The highest BCUT2D eigenvalue weighted by molar-refractivity contribution is 5.77. The number of urea groups is 1. The van der Waals surface area contributed by atoms with Gasteiger partial charge in [0.1, 0.15) is 0 Å². The lowest BCUT2D eigenvalue weighted by atomic mass is 10.0. The summed E-state index contributed by atoms with van der Waals surface area (Å²) in [7, 11) is 0. The summed E-state index contributed by atoms with van der Waals surface area (Å²) in [5.74, 6) is 1.51. The lowest BCUT2D eigenvalue weighted by molar-refractivity contribution is -0.138. The van der Waals surface area contributed by atoms with Crippen LogP contribution in [0.25, 0.3) is 0 Å². The molecule has 5 heteroatoms. The van der Waals surface area contributed by atoms with Gasteiger partial charge >= 0.3 is 12.0 Å². The molecule has 0 aliphatic carbocycles. The van der Waals surface area contributed by atoms with Gasteiger partial charge in [-0.05, 0) is 20.3 Å². The summed E-state index contributed by atoms with van der Waals surface area (Å²) in [5.41, 5.74) is -0.804. The van der Waals surface area contributed by atoms with Gasteiger partial charge in [0.05, 0.1) is 12.5 Å². The molecule has 0 aromatic rings. The number of carbonyl (C=O) groups is 2. The Morgan fingerprint density at radius 1 is 1.47 bits per heavy atom. The molecule has 1 atom stereocenters. The molecule has 96 valence electrons. The quantitative estimate of drug-likeness (QED) is 0.613. The predicted octanol–water partition coefficient (Wildman–Crippen LogP) is 1.34. The molecular weight excluding hydrogens is 220 g/mol. The molecule has 0 rings (SSSR count). The van der Waals surface area contributed by atoms with E-state index < -0.39 is 17.5 Å². The average molecular weight is 240 g/mol. The minimum atomic E-state index is -0.961. The third kappa shape index (κ3) is 7.23. The first-order valence-electron chi connectivity index (χ1n) is 5.57. The van der Waals surface area contributed by atoms with Crippen molar-refractivity contribution in [3.8, 4) is 12.3 Å². The van der Waals surface area contributed by atoms with Gasteiger partial charge in [0.15, 0.2) is 0 Å². The Balaban J connectivity index is 4.25. The number of carbonyl (C=O) groups excluding carboxylic acids is 1. The standard InChI is InChI=1S/C12H20N2O3/c1-5-7-9(6-2)13-11(17)14-12(3,4)8-10(15)16/h2,9H,5,7-8H2,1,3-4H3,(H,15,16)(H2,13,14,17). The highest BCUT2D eigenvalue weighted by Crippen LogP contribution is 2.07. The minimum absolute atomic E-state index is 0.144. The smallest absolute Gasteiger partial charge is 0.316 e. The van der Waals surface area contributed by atoms with Crippen LogP contribution >= 0.6 is 0 Å². The van der Waals surface area contributed by atoms with Crippen LogP contribution < -0.4 is 10.6 Å². The Morgan fingerprint density at radius 2 is 2.06 bits per heavy atom. The van der Waals surface area contributed by atoms with Crippen LogP contribution in [-0.2, 0) is 4.79 Å². The van der Waals surface area contributed by atoms with E-state index in [9.17, 15) is 9.59 Å². The third-order valence-corrected chi connectivity index (χ3v) is 2.13. The van der Waals surface area contributed by atoms with Crippen LogP contribution in [0.5, 0.6) is 0 Å². The normalized spacial score (nSPS) is 12.4. The van der Waals surface area contributed by atoms with Crippen molar-refractivity contribution in [2.45, 2.75) is 51.6 Å². The second-order valence-corrected chi connectivity index (χ2v) is 4.56. The van der Waals surface area contributed by atoms with Gasteiger partial charge in [-0.2, -0.15) is 0 Å². The first-order valence-corrected chi connectivity index (χ1v) is 5.57. The summed E-state index contributed by atoms with van der Waals surface area (Å²) < 4.78 is 0. The van der Waals surface area contributed by atoms with Crippen LogP contribution in [0, 0.1) is 12.3 Å². The molecule has 0 heterocycles. The van der Waals surface area contributed by atoms with Crippen molar-refractivity contribution in [1.29, 1.82) is 0 Å². The Kier molecular flexibility index (Phi) is 6.11. The molecule has 0 spiro atoms. The number of hydrogen-bond donors (Lipinski definition) is 3. The SMILES string of the molecule is C#CC(CCC)NC(=O)NC(C)(C)CC(=O)O. The fourth-order valence-corrected chi connectivity index (χ4v) is 1.41. The highest BCUT2D eigenvalue weighted by Gasteiger charge is 2.24. The van der Waals surface area contributed by atoms with Gasteiger partial charge in [0.25, 0.3) is 0 Å². The second kappa shape index (κ2) is 6.79. The number of nitrogens with one attached hydrogen (secondary N) is 2. The summed E-state index contributed by atoms with van der Waals surface area (Å²) in [5, 5.41) is 13.9. The molecular formula is C12H20N2O3. The van der Waals surface area contributed by atoms with E-state index in [0.29, 0.717) is 6.42 Å². The molecule has 3 N–H and O–H groups in total. The number of carboxylic acid groups (broad SMARTS) is 1. The van der Waals surface area contributed by atoms with Gasteiger partial charge in [-0.1, -0.05) is 19.3 Å². The molecule has 0 aliphatic heterocycles. The van der Waals surface area contributed by atoms with Crippen LogP contribution in [0.4, 0.5) is 4.79 Å². The molecule has 0 bridgehead atoms. The highest BCUT2D eigenvalue weighted by atomic mass is 16.4. The predicted molar refractivity (Wildman–Crippen MR) is 65.5 cm³/mol. The summed E-state index contributed by atoms with van der Waals surface area (Å²) in [6, 6.07) is -0.756. The topological polar surface area (TPSA) is 78.4 Å². The maximum absolute atomic E-state index is 11.6. The zero-order chi connectivity index (χ0) is 13.5. The van der Waals surface area contributed by atoms with Crippen molar-refractivity contribution in [3.63, 3.8) is 0 Å². The fraction of sp³-hybridized carbons (Fsp3) is 0.667. The molecule has 0 saturated heterocycles. The number of amides is 2.